The van der Waals surface area contributed by atoms with Gasteiger partial charge in [0.05, 0.1) is 49.8 Å². The minimum Gasteiger partial charge on any atom is -0.307 e. The van der Waals surface area contributed by atoms with E-state index in [1.54, 1.807) is 0 Å². The van der Waals surface area contributed by atoms with Gasteiger partial charge in [-0.1, -0.05) is 195 Å². The molecule has 11 aromatic carbocycles. The van der Waals surface area contributed by atoms with Crippen LogP contribution in [-0.2, 0) is 0 Å². The lowest BCUT2D eigenvalue weighted by molar-refractivity contribution is 1.15. The molecule has 362 valence electrons. The summed E-state index contributed by atoms with van der Waals surface area (Å²) in [5, 5.41) is 9.58. The van der Waals surface area contributed by atoms with Gasteiger partial charge in [0, 0.05) is 82.7 Å². The molecule has 15 aromatic rings. The van der Waals surface area contributed by atoms with Gasteiger partial charge in [-0.3, -0.25) is 0 Å². The lowest BCUT2D eigenvalue weighted by atomic mass is 10.1. The van der Waals surface area contributed by atoms with Gasteiger partial charge >= 0.3 is 0 Å². The molecule has 0 amide bonds. The van der Waals surface area contributed by atoms with Crippen LogP contribution in [0.4, 0.5) is 0 Å². The van der Waals surface area contributed by atoms with Gasteiger partial charge in [-0.2, -0.15) is 0 Å². The topological polar surface area (TPSA) is 44.4 Å². The zero-order valence-electron chi connectivity index (χ0n) is 42.2. The van der Waals surface area contributed by atoms with Crippen molar-refractivity contribution in [3.63, 3.8) is 0 Å². The first-order valence-corrected chi connectivity index (χ1v) is 26.2. The van der Waals surface area contributed by atoms with E-state index in [-0.39, 0.29) is 0 Å². The summed E-state index contributed by atoms with van der Waals surface area (Å²) >= 11 is 0. The number of nitrogens with zero attached hydrogens (tertiary/aromatic N) is 6. The van der Waals surface area contributed by atoms with E-state index in [0.29, 0.717) is 11.5 Å². The summed E-state index contributed by atoms with van der Waals surface area (Å²) in [6.45, 7) is 6.78. The molecule has 77 heavy (non-hydrogen) atoms. The molecule has 15 rings (SSSR count). The highest BCUT2D eigenvalue weighted by molar-refractivity contribution is 6.25. The molecule has 4 heterocycles. The summed E-state index contributed by atoms with van der Waals surface area (Å²) < 4.78 is 9.70. The van der Waals surface area contributed by atoms with Crippen molar-refractivity contribution in [1.29, 1.82) is 0 Å². The third kappa shape index (κ3) is 6.96. The summed E-state index contributed by atoms with van der Waals surface area (Å²) in [6, 6.07) is 93.2. The maximum absolute atomic E-state index is 5.45. The van der Waals surface area contributed by atoms with Crippen LogP contribution in [0.15, 0.2) is 277 Å². The lowest BCUT2D eigenvalue weighted by Crippen LogP contribution is -2.06. The standard InChI is InChI=1S/C71H48N6/c1-46(48-22-6-3-7-23-48)72-71(50-25-21-31-54(45-50)77-66-39-19-15-35-58(66)62-43-41-60-56-33-13-17-37-64(56)75(68(60)70(62)77)52-28-10-5-11-29-52)73-47(2)49-24-20-30-53(44-49)76-65-38-18-14-34-57(65)61-42-40-59-55-32-12-16-36-63(55)74(67(59)69(61)76)51-26-8-4-9-27-51/h3-45H,2H2,1H3. The fourth-order valence-corrected chi connectivity index (χ4v) is 12.1. The third-order valence-electron chi connectivity index (χ3n) is 15.5. The number of benzene rings is 11. The molecular formula is C71H48N6. The van der Waals surface area contributed by atoms with Crippen LogP contribution >= 0.6 is 0 Å². The van der Waals surface area contributed by atoms with Crippen molar-refractivity contribution >= 4 is 104 Å². The Hall–Kier alpha value is -10.3. The Kier molecular flexibility index (Phi) is 10.2. The van der Waals surface area contributed by atoms with E-state index in [1.807, 2.05) is 6.07 Å². The molecule has 0 unspecified atom stereocenters. The highest BCUT2D eigenvalue weighted by atomic mass is 15.1. The molecule has 0 aliphatic carbocycles. The number of rotatable bonds is 8. The summed E-state index contributed by atoms with van der Waals surface area (Å²) in [6.07, 6.45) is 0. The van der Waals surface area contributed by atoms with E-state index in [0.717, 1.165) is 83.8 Å². The Morgan fingerprint density at radius 2 is 0.597 bits per heavy atom. The van der Waals surface area contributed by atoms with Crippen molar-refractivity contribution in [2.75, 3.05) is 0 Å². The van der Waals surface area contributed by atoms with Gasteiger partial charge < -0.3 is 18.3 Å². The predicted octanol–water partition coefficient (Wildman–Crippen LogP) is 18.0. The maximum Gasteiger partial charge on any atom is 0.160 e. The second-order valence-corrected chi connectivity index (χ2v) is 19.8. The molecule has 0 atom stereocenters. The Morgan fingerprint density at radius 3 is 1.01 bits per heavy atom. The number of aliphatic imine (C=N–C) groups is 2. The molecule has 0 spiro atoms. The fourth-order valence-electron chi connectivity index (χ4n) is 12.1. The van der Waals surface area contributed by atoms with Gasteiger partial charge in [0.25, 0.3) is 0 Å². The molecule has 0 radical (unpaired) electrons. The quantitative estimate of drug-likeness (QED) is 0.108. The average Bonchev–Trinajstić information content (AvgIpc) is 4.25. The fraction of sp³-hybridized carbons (Fsp3) is 0.0141. The normalized spacial score (nSPS) is 12.4. The molecule has 6 nitrogen and oxygen atoms in total. The van der Waals surface area contributed by atoms with Gasteiger partial charge in [0.2, 0.25) is 0 Å². The van der Waals surface area contributed by atoms with Gasteiger partial charge in [-0.15, -0.1) is 0 Å². The predicted molar refractivity (Wildman–Crippen MR) is 324 cm³/mol. The summed E-state index contributed by atoms with van der Waals surface area (Å²) in [7, 11) is 0. The highest BCUT2D eigenvalue weighted by Crippen LogP contribution is 2.44. The van der Waals surface area contributed by atoms with E-state index in [4.69, 9.17) is 16.6 Å². The first kappa shape index (κ1) is 44.2. The van der Waals surface area contributed by atoms with Crippen molar-refractivity contribution in [1.82, 2.24) is 18.3 Å². The van der Waals surface area contributed by atoms with Crippen LogP contribution in [0.2, 0.25) is 0 Å². The van der Waals surface area contributed by atoms with E-state index >= 15 is 0 Å². The molecule has 0 aliphatic rings. The molecule has 0 saturated carbocycles. The molecule has 4 aromatic heterocycles. The number of para-hydroxylation sites is 6. The summed E-state index contributed by atoms with van der Waals surface area (Å²) in [4.78, 5) is 10.8. The number of fused-ring (bicyclic) bond motifs is 14. The summed E-state index contributed by atoms with van der Waals surface area (Å²) in [5.41, 5.74) is 17.6. The highest BCUT2D eigenvalue weighted by Gasteiger charge is 2.24. The van der Waals surface area contributed by atoms with Gasteiger partial charge in [0.1, 0.15) is 0 Å². The van der Waals surface area contributed by atoms with Crippen molar-refractivity contribution in [3.05, 3.63) is 284 Å². The molecule has 0 saturated heterocycles. The smallest absolute Gasteiger partial charge is 0.160 e. The van der Waals surface area contributed by atoms with Crippen LogP contribution < -0.4 is 0 Å². The first-order chi connectivity index (χ1) is 38.1. The molecule has 0 N–H and O–H groups in total. The van der Waals surface area contributed by atoms with E-state index in [9.17, 15) is 0 Å². The van der Waals surface area contributed by atoms with Crippen LogP contribution in [0.25, 0.3) is 116 Å². The number of aromatic nitrogens is 4. The SMILES string of the molecule is C=C(N=C(N=C(C)c1ccccc1)c1cccc(-n2c3ccccc3c3ccc4c5ccccc5n(-c5ccccc5)c4c32)c1)c1cccc(-n2c3ccccc3c3ccc4c5ccccc5n(-c5ccccc5)c4c32)c1. The number of hydrogen-bond acceptors (Lipinski definition) is 1. The Bertz CT molecular complexity index is 4930. The molecule has 0 bridgehead atoms. The lowest BCUT2D eigenvalue weighted by Gasteiger charge is -2.14. The van der Waals surface area contributed by atoms with Gasteiger partial charge in [-0.25, -0.2) is 9.98 Å². The largest absolute Gasteiger partial charge is 0.307 e. The molecular weight excluding hydrogens is 937 g/mol. The Morgan fingerprint density at radius 1 is 0.286 bits per heavy atom. The Labute approximate surface area is 444 Å². The molecule has 0 aliphatic heterocycles. The maximum atomic E-state index is 5.45. The second kappa shape index (κ2) is 17.7. The first-order valence-electron chi connectivity index (χ1n) is 26.2. The van der Waals surface area contributed by atoms with Crippen LogP contribution in [0.3, 0.4) is 0 Å². The third-order valence-corrected chi connectivity index (χ3v) is 15.5. The van der Waals surface area contributed by atoms with Crippen LogP contribution in [0.5, 0.6) is 0 Å². The summed E-state index contributed by atoms with van der Waals surface area (Å²) in [5.74, 6) is 0.568. The van der Waals surface area contributed by atoms with Gasteiger partial charge in [-0.05, 0) is 85.3 Å². The van der Waals surface area contributed by atoms with E-state index < -0.39 is 0 Å². The van der Waals surface area contributed by atoms with Crippen molar-refractivity contribution in [3.8, 4) is 22.7 Å². The van der Waals surface area contributed by atoms with E-state index in [1.165, 1.54) is 48.6 Å². The van der Waals surface area contributed by atoms with Crippen molar-refractivity contribution in [2.24, 2.45) is 9.98 Å². The van der Waals surface area contributed by atoms with Crippen LogP contribution in [0, 0.1) is 0 Å². The minimum atomic E-state index is 0.568. The van der Waals surface area contributed by atoms with Crippen LogP contribution in [-0.4, -0.2) is 29.8 Å². The van der Waals surface area contributed by atoms with Crippen molar-refractivity contribution in [2.45, 2.75) is 6.92 Å². The van der Waals surface area contributed by atoms with Crippen LogP contribution in [0.1, 0.15) is 23.6 Å². The van der Waals surface area contributed by atoms with E-state index in [2.05, 4.69) is 280 Å². The monoisotopic (exact) mass is 984 g/mol. The van der Waals surface area contributed by atoms with Gasteiger partial charge in [0.15, 0.2) is 5.84 Å². The average molecular weight is 985 g/mol. The Balaban J connectivity index is 0.928. The molecule has 6 heteroatoms. The zero-order chi connectivity index (χ0) is 51.1. The second-order valence-electron chi connectivity index (χ2n) is 19.8. The minimum absolute atomic E-state index is 0.568. The van der Waals surface area contributed by atoms with Crippen molar-refractivity contribution < 1.29 is 0 Å². The number of amidine groups is 1. The molecule has 0 fully saturated rings. The number of hydrogen-bond donors (Lipinski definition) is 0. The zero-order valence-corrected chi connectivity index (χ0v) is 42.2.